The quantitative estimate of drug-likeness (QED) is 0.529. The fourth-order valence-electron chi connectivity index (χ4n) is 1.75. The zero-order valence-corrected chi connectivity index (χ0v) is 12.8. The minimum atomic E-state index is -6.01. The van der Waals surface area contributed by atoms with Crippen molar-refractivity contribution in [1.29, 1.82) is 0 Å². The molecular weight excluding hydrogens is 373 g/mol. The van der Waals surface area contributed by atoms with Gasteiger partial charge in [0.2, 0.25) is 0 Å². The van der Waals surface area contributed by atoms with Crippen LogP contribution < -0.4 is 11.1 Å². The Labute approximate surface area is 137 Å². The molecule has 1 aromatic carbocycles. The van der Waals surface area contributed by atoms with E-state index in [0.29, 0.717) is 25.1 Å². The van der Waals surface area contributed by atoms with Gasteiger partial charge in [-0.3, -0.25) is 0 Å². The van der Waals surface area contributed by atoms with Crippen molar-refractivity contribution in [2.24, 2.45) is 5.73 Å². The van der Waals surface area contributed by atoms with E-state index in [9.17, 15) is 31.4 Å². The lowest BCUT2D eigenvalue weighted by Gasteiger charge is -2.33. The van der Waals surface area contributed by atoms with E-state index in [2.05, 4.69) is 5.32 Å². The van der Waals surface area contributed by atoms with E-state index in [1.54, 1.807) is 0 Å². The molecule has 0 atom stereocenters. The van der Waals surface area contributed by atoms with Crippen LogP contribution in [0, 0.1) is 0 Å². The van der Waals surface area contributed by atoms with Gasteiger partial charge < -0.3 is 16.2 Å². The summed E-state index contributed by atoms with van der Waals surface area (Å²) in [7, 11) is 0. The van der Waals surface area contributed by atoms with E-state index in [4.69, 9.17) is 28.9 Å². The molecule has 11 heteroatoms. The zero-order valence-electron chi connectivity index (χ0n) is 11.3. The van der Waals surface area contributed by atoms with Gasteiger partial charge in [0.15, 0.2) is 0 Å². The highest BCUT2D eigenvalue weighted by atomic mass is 35.5. The SMILES string of the molecule is NCCCNc1c(Cl)cc(C(O)(C(F)(F)F)C(F)(F)F)cc1Cl. The fraction of sp³-hybridized carbons (Fsp3) is 0.500. The predicted octanol–water partition coefficient (Wildman–Crippen LogP) is 4.07. The molecule has 4 N–H and O–H groups in total. The predicted molar refractivity (Wildman–Crippen MR) is 74.6 cm³/mol. The number of hydrogen-bond acceptors (Lipinski definition) is 3. The standard InChI is InChI=1S/C12H12Cl2F6N2O/c13-7-4-6(5-8(14)9(7)22-3-1-2-21)10(23,11(15,16)17)12(18,19)20/h4-5,22-23H,1-3,21H2. The molecule has 1 aromatic rings. The lowest BCUT2D eigenvalue weighted by Crippen LogP contribution is -2.53. The van der Waals surface area contributed by atoms with Gasteiger partial charge in [-0.2, -0.15) is 26.3 Å². The summed E-state index contributed by atoms with van der Waals surface area (Å²) >= 11 is 11.4. The van der Waals surface area contributed by atoms with Crippen LogP contribution in [-0.4, -0.2) is 30.5 Å². The molecule has 0 heterocycles. The second-order valence-corrected chi connectivity index (χ2v) is 5.40. The summed E-state index contributed by atoms with van der Waals surface area (Å²) < 4.78 is 76.9. The number of benzene rings is 1. The molecule has 0 amide bonds. The smallest absolute Gasteiger partial charge is 0.383 e. The minimum absolute atomic E-state index is 0.0442. The van der Waals surface area contributed by atoms with Crippen LogP contribution in [0.25, 0.3) is 0 Å². The molecule has 0 aliphatic rings. The molecular formula is C12H12Cl2F6N2O. The third-order valence-electron chi connectivity index (χ3n) is 2.96. The van der Waals surface area contributed by atoms with Crippen LogP contribution in [0.3, 0.4) is 0 Å². The minimum Gasteiger partial charge on any atom is -0.383 e. The number of halogens is 8. The summed E-state index contributed by atoms with van der Waals surface area (Å²) in [6.45, 7) is 0.570. The molecule has 3 nitrogen and oxygen atoms in total. The van der Waals surface area contributed by atoms with Gasteiger partial charge in [0.05, 0.1) is 15.7 Å². The van der Waals surface area contributed by atoms with Crippen molar-refractivity contribution in [3.8, 4) is 0 Å². The molecule has 0 unspecified atom stereocenters. The third-order valence-corrected chi connectivity index (χ3v) is 3.56. The van der Waals surface area contributed by atoms with Crippen molar-refractivity contribution in [3.05, 3.63) is 27.7 Å². The van der Waals surface area contributed by atoms with Crippen molar-refractivity contribution in [3.63, 3.8) is 0 Å². The number of hydrogen-bond donors (Lipinski definition) is 3. The zero-order chi connectivity index (χ0) is 18.1. The van der Waals surface area contributed by atoms with Crippen LogP contribution in [0.4, 0.5) is 32.0 Å². The second-order valence-electron chi connectivity index (χ2n) is 4.59. The van der Waals surface area contributed by atoms with Gasteiger partial charge in [-0.15, -0.1) is 0 Å². The van der Waals surface area contributed by atoms with Gasteiger partial charge in [-0.1, -0.05) is 23.2 Å². The molecule has 0 saturated carbocycles. The molecule has 0 spiro atoms. The van der Waals surface area contributed by atoms with Crippen LogP contribution in [0.1, 0.15) is 12.0 Å². The van der Waals surface area contributed by atoms with Crippen molar-refractivity contribution in [2.75, 3.05) is 18.4 Å². The average molecular weight is 385 g/mol. The molecule has 23 heavy (non-hydrogen) atoms. The topological polar surface area (TPSA) is 58.3 Å². The molecule has 0 radical (unpaired) electrons. The Morgan fingerprint density at radius 3 is 1.78 bits per heavy atom. The molecule has 0 fully saturated rings. The Morgan fingerprint density at radius 1 is 1.00 bits per heavy atom. The monoisotopic (exact) mass is 384 g/mol. The fourth-order valence-corrected chi connectivity index (χ4v) is 2.38. The Balaban J connectivity index is 3.38. The summed E-state index contributed by atoms with van der Waals surface area (Å²) in [5, 5.41) is 11.0. The summed E-state index contributed by atoms with van der Waals surface area (Å²) in [6.07, 6.45) is -11.5. The summed E-state index contributed by atoms with van der Waals surface area (Å²) in [4.78, 5) is 0. The van der Waals surface area contributed by atoms with Gasteiger partial charge in [0, 0.05) is 12.1 Å². The molecule has 1 rings (SSSR count). The van der Waals surface area contributed by atoms with Gasteiger partial charge >= 0.3 is 12.4 Å². The number of rotatable bonds is 5. The van der Waals surface area contributed by atoms with Crippen molar-refractivity contribution < 1.29 is 31.4 Å². The van der Waals surface area contributed by atoms with Crippen LogP contribution in [0.5, 0.6) is 0 Å². The number of aliphatic hydroxyl groups is 1. The third kappa shape index (κ3) is 3.96. The second kappa shape index (κ2) is 6.92. The number of alkyl halides is 6. The van der Waals surface area contributed by atoms with Gasteiger partial charge in [0.25, 0.3) is 5.60 Å². The molecule has 0 bridgehead atoms. The Bertz CT molecular complexity index is 524. The highest BCUT2D eigenvalue weighted by molar-refractivity contribution is 6.39. The van der Waals surface area contributed by atoms with E-state index < -0.39 is 33.6 Å². The van der Waals surface area contributed by atoms with Gasteiger partial charge in [0.1, 0.15) is 0 Å². The van der Waals surface area contributed by atoms with Crippen LogP contribution in [0.2, 0.25) is 10.0 Å². The molecule has 0 saturated heterocycles. The number of nitrogens with one attached hydrogen (secondary N) is 1. The first-order valence-corrected chi connectivity index (χ1v) is 6.91. The molecule has 132 valence electrons. The number of nitrogens with two attached hydrogens (primary N) is 1. The maximum Gasteiger partial charge on any atom is 0.430 e. The maximum atomic E-state index is 12.8. The first kappa shape index (κ1) is 20.1. The largest absolute Gasteiger partial charge is 0.430 e. The average Bonchev–Trinajstić information content (AvgIpc) is 2.38. The molecule has 0 aliphatic heterocycles. The van der Waals surface area contributed by atoms with E-state index in [1.165, 1.54) is 0 Å². The highest BCUT2D eigenvalue weighted by Crippen LogP contribution is 2.51. The normalized spacial score (nSPS) is 13.3. The Morgan fingerprint density at radius 2 is 1.43 bits per heavy atom. The Kier molecular flexibility index (Phi) is 6.06. The van der Waals surface area contributed by atoms with Crippen molar-refractivity contribution in [2.45, 2.75) is 24.4 Å². The summed E-state index contributed by atoms with van der Waals surface area (Å²) in [5.41, 5.74) is -1.38. The van der Waals surface area contributed by atoms with Gasteiger partial charge in [-0.05, 0) is 25.1 Å². The van der Waals surface area contributed by atoms with Crippen LogP contribution in [0.15, 0.2) is 12.1 Å². The molecule has 0 aromatic heterocycles. The van der Waals surface area contributed by atoms with Gasteiger partial charge in [-0.25, -0.2) is 0 Å². The van der Waals surface area contributed by atoms with E-state index in [0.717, 1.165) is 0 Å². The first-order chi connectivity index (χ1) is 10.4. The Hall–Kier alpha value is -0.900. The van der Waals surface area contributed by atoms with Crippen molar-refractivity contribution in [1.82, 2.24) is 0 Å². The van der Waals surface area contributed by atoms with E-state index in [-0.39, 0.29) is 12.2 Å². The lowest BCUT2D eigenvalue weighted by molar-refractivity contribution is -0.376. The lowest BCUT2D eigenvalue weighted by atomic mass is 9.92. The summed E-state index contributed by atoms with van der Waals surface area (Å²) in [6, 6.07) is 0.748. The number of anilines is 1. The highest BCUT2D eigenvalue weighted by Gasteiger charge is 2.71. The van der Waals surface area contributed by atoms with E-state index in [1.807, 2.05) is 0 Å². The van der Waals surface area contributed by atoms with Crippen LogP contribution >= 0.6 is 23.2 Å². The van der Waals surface area contributed by atoms with E-state index >= 15 is 0 Å². The molecule has 0 aliphatic carbocycles. The maximum absolute atomic E-state index is 12.8. The van der Waals surface area contributed by atoms with Crippen molar-refractivity contribution >= 4 is 28.9 Å². The first-order valence-electron chi connectivity index (χ1n) is 6.15. The van der Waals surface area contributed by atoms with Crippen LogP contribution in [-0.2, 0) is 5.60 Å². The summed E-state index contributed by atoms with van der Waals surface area (Å²) in [5.74, 6) is 0.